The number of aryl methyl sites for hydroxylation is 2. The first kappa shape index (κ1) is 22.6. The summed E-state index contributed by atoms with van der Waals surface area (Å²) in [7, 11) is 0. The number of hydrogen-bond acceptors (Lipinski definition) is 6. The fourth-order valence-corrected chi connectivity index (χ4v) is 3.84. The van der Waals surface area contributed by atoms with Gasteiger partial charge in [-0.25, -0.2) is 9.18 Å². The highest BCUT2D eigenvalue weighted by atomic mass is 32.2. The summed E-state index contributed by atoms with van der Waals surface area (Å²) in [4.78, 5) is 20.2. The molecule has 162 valence electrons. The number of alkyl halides is 1. The average molecular weight is 442 g/mol. The van der Waals surface area contributed by atoms with Crippen molar-refractivity contribution in [2.75, 3.05) is 10.8 Å². The lowest BCUT2D eigenvalue weighted by atomic mass is 10.1. The van der Waals surface area contributed by atoms with Crippen molar-refractivity contribution >= 4 is 23.6 Å². The maximum Gasteiger partial charge on any atom is 0.337 e. The van der Waals surface area contributed by atoms with E-state index >= 15 is 0 Å². The first-order valence-corrected chi connectivity index (χ1v) is 10.5. The predicted molar refractivity (Wildman–Crippen MR) is 119 cm³/mol. The number of carboxylic acids is 1. The van der Waals surface area contributed by atoms with Gasteiger partial charge in [-0.1, -0.05) is 0 Å². The van der Waals surface area contributed by atoms with Crippen molar-refractivity contribution in [3.05, 3.63) is 77.4 Å². The summed E-state index contributed by atoms with van der Waals surface area (Å²) in [6.07, 6.45) is 3.68. The van der Waals surface area contributed by atoms with Gasteiger partial charge in [-0.15, -0.1) is 0 Å². The summed E-state index contributed by atoms with van der Waals surface area (Å²) in [5, 5.41) is 9.02. The first-order valence-electron chi connectivity index (χ1n) is 9.75. The monoisotopic (exact) mass is 441 g/mol. The Morgan fingerprint density at radius 1 is 1.23 bits per heavy atom. The summed E-state index contributed by atoms with van der Waals surface area (Å²) in [5.41, 5.74) is 3.58. The van der Waals surface area contributed by atoms with Crippen LogP contribution in [0.25, 0.3) is 0 Å². The molecule has 8 heteroatoms. The second kappa shape index (κ2) is 10.3. The van der Waals surface area contributed by atoms with E-state index in [-0.39, 0.29) is 18.7 Å². The topological polar surface area (TPSA) is 75.6 Å². The van der Waals surface area contributed by atoms with Crippen molar-refractivity contribution in [2.24, 2.45) is 0 Å². The number of carbonyl (C=O) groups is 1. The standard InChI is InChI=1S/C23H24FN3O3S/c1-15-9-21(27(13-17(3)24)31-20-5-4-8-25-12-20)22(10-16(15)2)30-14-19-7-6-18(11-26-19)23(28)29/h4-12,17H,13-14H2,1-3H3,(H,28,29). The van der Waals surface area contributed by atoms with E-state index in [2.05, 4.69) is 9.97 Å². The summed E-state index contributed by atoms with van der Waals surface area (Å²) in [6.45, 7) is 5.84. The molecule has 1 aromatic carbocycles. The van der Waals surface area contributed by atoms with Crippen molar-refractivity contribution < 1.29 is 19.0 Å². The molecule has 3 rings (SSSR count). The molecule has 0 saturated heterocycles. The van der Waals surface area contributed by atoms with Gasteiger partial charge in [0.2, 0.25) is 0 Å². The van der Waals surface area contributed by atoms with Gasteiger partial charge in [0.1, 0.15) is 18.5 Å². The molecule has 3 aromatic rings. The lowest BCUT2D eigenvalue weighted by Gasteiger charge is -2.27. The third-order valence-electron chi connectivity index (χ3n) is 4.56. The molecule has 1 N–H and O–H groups in total. The number of rotatable bonds is 9. The van der Waals surface area contributed by atoms with Crippen LogP contribution in [0.2, 0.25) is 0 Å². The number of carboxylic acid groups (broad SMARTS) is 1. The van der Waals surface area contributed by atoms with Crippen molar-refractivity contribution in [1.82, 2.24) is 9.97 Å². The third-order valence-corrected chi connectivity index (χ3v) is 5.58. The predicted octanol–water partition coefficient (Wildman–Crippen LogP) is 5.24. The van der Waals surface area contributed by atoms with Crippen LogP contribution in [0.15, 0.2) is 59.9 Å². The third kappa shape index (κ3) is 6.18. The first-order chi connectivity index (χ1) is 14.8. The van der Waals surface area contributed by atoms with E-state index in [9.17, 15) is 9.18 Å². The molecule has 6 nitrogen and oxygen atoms in total. The molecule has 0 radical (unpaired) electrons. The molecular formula is C23H24FN3O3S. The molecule has 31 heavy (non-hydrogen) atoms. The van der Waals surface area contributed by atoms with Gasteiger partial charge in [0.05, 0.1) is 23.5 Å². The summed E-state index contributed by atoms with van der Waals surface area (Å²) in [6, 6.07) is 10.8. The molecule has 0 fully saturated rings. The van der Waals surface area contributed by atoms with Crippen LogP contribution in [0, 0.1) is 13.8 Å². The summed E-state index contributed by atoms with van der Waals surface area (Å²) < 4.78 is 22.0. The smallest absolute Gasteiger partial charge is 0.337 e. The SMILES string of the molecule is Cc1cc(OCc2ccc(C(=O)O)cn2)c(N(CC(C)F)Sc2cccnc2)cc1C. The van der Waals surface area contributed by atoms with Crippen LogP contribution in [-0.2, 0) is 6.61 Å². The minimum absolute atomic E-state index is 0.117. The summed E-state index contributed by atoms with van der Waals surface area (Å²) in [5.74, 6) is -0.427. The van der Waals surface area contributed by atoms with Gasteiger partial charge in [-0.05, 0) is 80.2 Å². The second-order valence-corrected chi connectivity index (χ2v) is 8.25. The van der Waals surface area contributed by atoms with Gasteiger partial charge in [0, 0.05) is 23.5 Å². The Bertz CT molecular complexity index is 1030. The van der Waals surface area contributed by atoms with Gasteiger partial charge in [0.25, 0.3) is 0 Å². The average Bonchev–Trinajstić information content (AvgIpc) is 2.74. The van der Waals surface area contributed by atoms with E-state index in [1.165, 1.54) is 31.1 Å². The fraction of sp³-hybridized carbons (Fsp3) is 0.261. The highest BCUT2D eigenvalue weighted by Crippen LogP contribution is 2.38. The van der Waals surface area contributed by atoms with Crippen LogP contribution in [-0.4, -0.2) is 33.8 Å². The number of ether oxygens (including phenoxy) is 1. The normalized spacial score (nSPS) is 11.7. The molecule has 0 bridgehead atoms. The Hall–Kier alpha value is -3.13. The number of benzene rings is 1. The Balaban J connectivity index is 1.88. The van der Waals surface area contributed by atoms with Crippen LogP contribution in [0.5, 0.6) is 5.75 Å². The largest absolute Gasteiger partial charge is 0.485 e. The van der Waals surface area contributed by atoms with Gasteiger partial charge in [0.15, 0.2) is 0 Å². The Morgan fingerprint density at radius 3 is 2.61 bits per heavy atom. The quantitative estimate of drug-likeness (QED) is 0.455. The Labute approximate surface area is 185 Å². The highest BCUT2D eigenvalue weighted by Gasteiger charge is 2.19. The van der Waals surface area contributed by atoms with Crippen LogP contribution in [0.1, 0.15) is 34.1 Å². The van der Waals surface area contributed by atoms with E-state index in [0.717, 1.165) is 21.7 Å². The van der Waals surface area contributed by atoms with E-state index in [4.69, 9.17) is 9.84 Å². The Kier molecular flexibility index (Phi) is 7.46. The molecule has 0 saturated carbocycles. The van der Waals surface area contributed by atoms with Gasteiger partial charge in [-0.2, -0.15) is 0 Å². The van der Waals surface area contributed by atoms with E-state index < -0.39 is 12.1 Å². The molecule has 0 amide bonds. The number of aromatic carboxylic acids is 1. The Morgan fingerprint density at radius 2 is 2.00 bits per heavy atom. The maximum atomic E-state index is 14.0. The van der Waals surface area contributed by atoms with Crippen LogP contribution < -0.4 is 9.04 Å². The van der Waals surface area contributed by atoms with Crippen LogP contribution >= 0.6 is 11.9 Å². The second-order valence-electron chi connectivity index (χ2n) is 7.16. The number of hydrogen-bond donors (Lipinski definition) is 1. The number of aromatic nitrogens is 2. The molecule has 1 unspecified atom stereocenters. The number of halogens is 1. The number of pyridine rings is 2. The van der Waals surface area contributed by atoms with E-state index in [1.807, 2.05) is 42.4 Å². The molecular weight excluding hydrogens is 417 g/mol. The van der Waals surface area contributed by atoms with E-state index in [0.29, 0.717) is 11.4 Å². The molecule has 0 aliphatic carbocycles. The lowest BCUT2D eigenvalue weighted by molar-refractivity contribution is 0.0696. The van der Waals surface area contributed by atoms with Crippen molar-refractivity contribution in [1.29, 1.82) is 0 Å². The minimum atomic E-state index is -1.05. The minimum Gasteiger partial charge on any atom is -0.485 e. The maximum absolute atomic E-state index is 14.0. The van der Waals surface area contributed by atoms with Crippen molar-refractivity contribution in [3.63, 3.8) is 0 Å². The molecule has 0 aliphatic heterocycles. The molecule has 0 spiro atoms. The molecule has 2 heterocycles. The zero-order chi connectivity index (χ0) is 22.4. The molecule has 0 aliphatic rings. The van der Waals surface area contributed by atoms with Crippen LogP contribution in [0.4, 0.5) is 10.1 Å². The fourth-order valence-electron chi connectivity index (χ4n) is 2.81. The lowest BCUT2D eigenvalue weighted by Crippen LogP contribution is -2.23. The zero-order valence-corrected chi connectivity index (χ0v) is 18.4. The van der Waals surface area contributed by atoms with Crippen LogP contribution in [0.3, 0.4) is 0 Å². The highest BCUT2D eigenvalue weighted by molar-refractivity contribution is 8.00. The van der Waals surface area contributed by atoms with E-state index in [1.54, 1.807) is 18.5 Å². The van der Waals surface area contributed by atoms with Crippen molar-refractivity contribution in [3.8, 4) is 5.75 Å². The number of nitrogens with zero attached hydrogens (tertiary/aromatic N) is 3. The number of anilines is 1. The molecule has 2 aromatic heterocycles. The van der Waals surface area contributed by atoms with Gasteiger partial charge in [-0.3, -0.25) is 9.97 Å². The zero-order valence-electron chi connectivity index (χ0n) is 17.6. The van der Waals surface area contributed by atoms with Gasteiger partial charge >= 0.3 is 5.97 Å². The van der Waals surface area contributed by atoms with Gasteiger partial charge < -0.3 is 14.1 Å². The van der Waals surface area contributed by atoms with Crippen molar-refractivity contribution in [2.45, 2.75) is 38.4 Å². The molecule has 1 atom stereocenters. The summed E-state index contributed by atoms with van der Waals surface area (Å²) >= 11 is 1.40.